The van der Waals surface area contributed by atoms with E-state index in [1.165, 1.54) is 0 Å². The van der Waals surface area contributed by atoms with Gasteiger partial charge >= 0.3 is 0 Å². The van der Waals surface area contributed by atoms with Crippen LogP contribution in [0.3, 0.4) is 0 Å². The second-order valence-electron chi connectivity index (χ2n) is 10.1. The molecule has 6 heteroatoms. The molecule has 0 saturated heterocycles. The van der Waals surface area contributed by atoms with Gasteiger partial charge in [-0.25, -0.2) is 15.0 Å². The number of furan rings is 2. The predicted octanol–water partition coefficient (Wildman–Crippen LogP) is 8.95. The topological polar surface area (TPSA) is 69.9 Å². The van der Waals surface area contributed by atoms with Crippen molar-refractivity contribution in [2.24, 2.45) is 0 Å². The summed E-state index contributed by atoms with van der Waals surface area (Å²) >= 11 is 0. The average molecular weight is 529 g/mol. The zero-order chi connectivity index (χ0) is 26.9. The Morgan fingerprint density at radius 1 is 0.512 bits per heavy atom. The van der Waals surface area contributed by atoms with Gasteiger partial charge in [0.15, 0.2) is 11.6 Å². The minimum atomic E-state index is 0.587. The molecule has 6 nitrogen and oxygen atoms in total. The monoisotopic (exact) mass is 528 g/mol. The van der Waals surface area contributed by atoms with Gasteiger partial charge in [0, 0.05) is 39.6 Å². The van der Waals surface area contributed by atoms with Crippen LogP contribution in [0.4, 0.5) is 0 Å². The molecular weight excluding hydrogens is 508 g/mol. The summed E-state index contributed by atoms with van der Waals surface area (Å²) < 4.78 is 14.5. The van der Waals surface area contributed by atoms with E-state index in [1.54, 1.807) is 12.4 Å². The fourth-order valence-corrected chi connectivity index (χ4v) is 5.83. The third kappa shape index (κ3) is 3.34. The first kappa shape index (κ1) is 22.1. The molecule has 0 amide bonds. The summed E-state index contributed by atoms with van der Waals surface area (Å²) in [6.45, 7) is 0. The third-order valence-corrected chi connectivity index (χ3v) is 7.75. The number of aromatic nitrogens is 4. The van der Waals surface area contributed by atoms with E-state index < -0.39 is 0 Å². The SMILES string of the molecule is c1cnc(-c2nc3ccccc3n2-c2ccc(-c3ccc4oc5cc6c(cc5c4c3)oc3ccccc36)cc2)nc1. The summed E-state index contributed by atoms with van der Waals surface area (Å²) in [4.78, 5) is 13.8. The van der Waals surface area contributed by atoms with Crippen molar-refractivity contribution in [2.45, 2.75) is 0 Å². The molecule has 0 aliphatic heterocycles. The molecule has 192 valence electrons. The lowest BCUT2D eigenvalue weighted by molar-refractivity contribution is 0.664. The first-order chi connectivity index (χ1) is 20.3. The highest BCUT2D eigenvalue weighted by molar-refractivity contribution is 6.15. The summed E-state index contributed by atoms with van der Waals surface area (Å²) in [6, 6.07) is 37.1. The van der Waals surface area contributed by atoms with Crippen LogP contribution in [0.2, 0.25) is 0 Å². The first-order valence-electron chi connectivity index (χ1n) is 13.4. The fourth-order valence-electron chi connectivity index (χ4n) is 5.83. The fraction of sp³-hybridized carbons (Fsp3) is 0. The van der Waals surface area contributed by atoms with Gasteiger partial charge in [0.25, 0.3) is 0 Å². The van der Waals surface area contributed by atoms with Crippen molar-refractivity contribution in [1.29, 1.82) is 0 Å². The molecule has 0 bridgehead atoms. The standard InChI is InChI=1S/C35H20N4O2/c1-4-9-30-24(6-1)26-19-33-27(20-32(26)40-30)25-18-22(12-15-31(25)41-33)21-10-13-23(14-11-21)39-29-8-3-2-7-28(29)38-35(39)34-36-16-5-17-37-34/h1-20H. The summed E-state index contributed by atoms with van der Waals surface area (Å²) in [5.74, 6) is 1.30. The molecule has 0 atom stereocenters. The minimum absolute atomic E-state index is 0.587. The van der Waals surface area contributed by atoms with E-state index >= 15 is 0 Å². The van der Waals surface area contributed by atoms with Gasteiger partial charge in [-0.15, -0.1) is 0 Å². The van der Waals surface area contributed by atoms with Gasteiger partial charge < -0.3 is 8.83 Å². The predicted molar refractivity (Wildman–Crippen MR) is 162 cm³/mol. The Bertz CT molecular complexity index is 2420. The van der Waals surface area contributed by atoms with E-state index in [2.05, 4.69) is 75.2 Å². The molecule has 0 N–H and O–H groups in total. The lowest BCUT2D eigenvalue weighted by atomic mass is 10.0. The Labute approximate surface area is 233 Å². The first-order valence-corrected chi connectivity index (χ1v) is 13.4. The normalized spacial score (nSPS) is 11.9. The Morgan fingerprint density at radius 3 is 2.00 bits per heavy atom. The number of para-hydroxylation sites is 3. The van der Waals surface area contributed by atoms with Gasteiger partial charge in [-0.05, 0) is 71.8 Å². The lowest BCUT2D eigenvalue weighted by Gasteiger charge is -2.10. The summed E-state index contributed by atoms with van der Waals surface area (Å²) in [5.41, 5.74) is 8.57. The van der Waals surface area contributed by atoms with E-state index in [-0.39, 0.29) is 0 Å². The second-order valence-corrected chi connectivity index (χ2v) is 10.1. The van der Waals surface area contributed by atoms with Gasteiger partial charge in [-0.2, -0.15) is 0 Å². The van der Waals surface area contributed by atoms with Crippen LogP contribution in [-0.2, 0) is 0 Å². The smallest absolute Gasteiger partial charge is 0.196 e. The quantitative estimate of drug-likeness (QED) is 0.229. The number of imidazole rings is 1. The average Bonchev–Trinajstić information content (AvgIpc) is 3.71. The molecule has 4 heterocycles. The van der Waals surface area contributed by atoms with Crippen LogP contribution in [-0.4, -0.2) is 19.5 Å². The molecule has 0 unspecified atom stereocenters. The molecule has 0 spiro atoms. The highest BCUT2D eigenvalue weighted by Gasteiger charge is 2.17. The Hall–Kier alpha value is -5.75. The lowest BCUT2D eigenvalue weighted by Crippen LogP contribution is -2.00. The van der Waals surface area contributed by atoms with Crippen LogP contribution in [0.15, 0.2) is 130 Å². The van der Waals surface area contributed by atoms with Crippen LogP contribution in [0, 0.1) is 0 Å². The molecule has 4 aromatic heterocycles. The van der Waals surface area contributed by atoms with E-state index in [9.17, 15) is 0 Å². The molecule has 0 radical (unpaired) electrons. The summed E-state index contributed by atoms with van der Waals surface area (Å²) in [7, 11) is 0. The van der Waals surface area contributed by atoms with Crippen molar-refractivity contribution in [1.82, 2.24) is 19.5 Å². The molecule has 0 aliphatic carbocycles. The van der Waals surface area contributed by atoms with E-state index in [1.807, 2.05) is 48.5 Å². The van der Waals surface area contributed by atoms with Gasteiger partial charge in [0.2, 0.25) is 0 Å². The van der Waals surface area contributed by atoms with Crippen LogP contribution in [0.5, 0.6) is 0 Å². The van der Waals surface area contributed by atoms with Crippen LogP contribution in [0.25, 0.3) is 83.4 Å². The number of benzene rings is 5. The van der Waals surface area contributed by atoms with E-state index in [0.29, 0.717) is 11.6 Å². The van der Waals surface area contributed by atoms with Crippen molar-refractivity contribution >= 4 is 54.9 Å². The summed E-state index contributed by atoms with van der Waals surface area (Å²) in [6.07, 6.45) is 3.48. The molecule has 0 saturated carbocycles. The number of hydrogen-bond donors (Lipinski definition) is 0. The zero-order valence-electron chi connectivity index (χ0n) is 21.7. The van der Waals surface area contributed by atoms with Gasteiger partial charge in [-0.3, -0.25) is 4.57 Å². The van der Waals surface area contributed by atoms with Gasteiger partial charge in [0.1, 0.15) is 22.3 Å². The van der Waals surface area contributed by atoms with Gasteiger partial charge in [0.05, 0.1) is 11.0 Å². The van der Waals surface area contributed by atoms with Crippen molar-refractivity contribution in [3.63, 3.8) is 0 Å². The van der Waals surface area contributed by atoms with E-state index in [0.717, 1.165) is 71.7 Å². The number of fused-ring (bicyclic) bond motifs is 7. The maximum atomic E-state index is 6.27. The largest absolute Gasteiger partial charge is 0.456 e. The van der Waals surface area contributed by atoms with Crippen molar-refractivity contribution in [3.8, 4) is 28.5 Å². The van der Waals surface area contributed by atoms with Crippen molar-refractivity contribution in [2.75, 3.05) is 0 Å². The highest BCUT2D eigenvalue weighted by Crippen LogP contribution is 2.38. The maximum absolute atomic E-state index is 6.27. The number of hydrogen-bond acceptors (Lipinski definition) is 5. The Balaban J connectivity index is 1.16. The highest BCUT2D eigenvalue weighted by atomic mass is 16.3. The van der Waals surface area contributed by atoms with Crippen LogP contribution >= 0.6 is 0 Å². The van der Waals surface area contributed by atoms with Crippen LogP contribution < -0.4 is 0 Å². The number of nitrogens with zero attached hydrogens (tertiary/aromatic N) is 4. The van der Waals surface area contributed by atoms with Crippen molar-refractivity contribution in [3.05, 3.63) is 122 Å². The second kappa shape index (κ2) is 8.37. The van der Waals surface area contributed by atoms with Crippen molar-refractivity contribution < 1.29 is 8.83 Å². The summed E-state index contributed by atoms with van der Waals surface area (Å²) in [5, 5.41) is 4.27. The molecule has 0 aliphatic rings. The van der Waals surface area contributed by atoms with Gasteiger partial charge in [-0.1, -0.05) is 48.5 Å². The van der Waals surface area contributed by atoms with E-state index in [4.69, 9.17) is 13.8 Å². The molecular formula is C35H20N4O2. The molecule has 5 aromatic carbocycles. The maximum Gasteiger partial charge on any atom is 0.196 e. The minimum Gasteiger partial charge on any atom is -0.456 e. The molecule has 9 aromatic rings. The molecule has 9 rings (SSSR count). The zero-order valence-corrected chi connectivity index (χ0v) is 21.7. The molecule has 41 heavy (non-hydrogen) atoms. The molecule has 0 fully saturated rings. The van der Waals surface area contributed by atoms with Crippen LogP contribution in [0.1, 0.15) is 0 Å². The third-order valence-electron chi connectivity index (χ3n) is 7.75. The number of rotatable bonds is 3. The Morgan fingerprint density at radius 2 is 1.17 bits per heavy atom. The Kier molecular flexibility index (Phi) is 4.51.